The van der Waals surface area contributed by atoms with E-state index >= 15 is 0 Å². The van der Waals surface area contributed by atoms with Gasteiger partial charge in [-0.05, 0) is 30.7 Å². The van der Waals surface area contributed by atoms with Crippen molar-refractivity contribution in [1.29, 1.82) is 0 Å². The second-order valence-electron chi connectivity index (χ2n) is 6.43. The summed E-state index contributed by atoms with van der Waals surface area (Å²) in [7, 11) is 0. The van der Waals surface area contributed by atoms with Crippen LogP contribution in [0.2, 0.25) is 0 Å². The zero-order chi connectivity index (χ0) is 18.5. The lowest BCUT2D eigenvalue weighted by atomic mass is 10.0. The molecule has 1 aliphatic heterocycles. The number of pyridine rings is 1. The summed E-state index contributed by atoms with van der Waals surface area (Å²) in [5.41, 5.74) is 3.07. The Bertz CT molecular complexity index is 904. The van der Waals surface area contributed by atoms with E-state index in [4.69, 9.17) is 4.74 Å². The average Bonchev–Trinajstić information content (AvgIpc) is 3.41. The van der Waals surface area contributed by atoms with E-state index in [1.54, 1.807) is 24.7 Å². The maximum atomic E-state index is 12.7. The Morgan fingerprint density at radius 2 is 2.22 bits per heavy atom. The number of carbonyl (C=O) groups excluding carboxylic acids is 1. The highest BCUT2D eigenvalue weighted by Gasteiger charge is 2.16. The number of hydrogen-bond acceptors (Lipinski definition) is 5. The Labute approximate surface area is 157 Å². The van der Waals surface area contributed by atoms with Crippen molar-refractivity contribution in [2.75, 3.05) is 13.1 Å². The van der Waals surface area contributed by atoms with Crippen molar-refractivity contribution in [2.45, 2.75) is 19.1 Å². The van der Waals surface area contributed by atoms with Crippen LogP contribution in [0.5, 0.6) is 5.75 Å². The van der Waals surface area contributed by atoms with Crippen molar-refractivity contribution >= 4 is 5.91 Å². The lowest BCUT2D eigenvalue weighted by Gasteiger charge is -2.13. The minimum Gasteiger partial charge on any atom is -0.489 e. The zero-order valence-electron chi connectivity index (χ0n) is 14.8. The number of nitrogens with one attached hydrogen (secondary N) is 3. The number of carbonyl (C=O) groups is 1. The van der Waals surface area contributed by atoms with Crippen molar-refractivity contribution in [3.63, 3.8) is 0 Å². The second-order valence-corrected chi connectivity index (χ2v) is 6.43. The molecule has 1 atom stereocenters. The van der Waals surface area contributed by atoms with Gasteiger partial charge >= 0.3 is 0 Å². The quantitative estimate of drug-likeness (QED) is 0.624. The highest BCUT2D eigenvalue weighted by Crippen LogP contribution is 2.22. The summed E-state index contributed by atoms with van der Waals surface area (Å²) in [5.74, 6) is 0.627. The van der Waals surface area contributed by atoms with Gasteiger partial charge in [0, 0.05) is 36.1 Å². The van der Waals surface area contributed by atoms with Crippen molar-refractivity contribution in [2.24, 2.45) is 0 Å². The summed E-state index contributed by atoms with van der Waals surface area (Å²) in [5, 5.41) is 13.0. The van der Waals surface area contributed by atoms with Gasteiger partial charge in [-0.3, -0.25) is 14.9 Å². The van der Waals surface area contributed by atoms with Gasteiger partial charge in [-0.1, -0.05) is 18.2 Å². The fourth-order valence-electron chi connectivity index (χ4n) is 3.14. The zero-order valence-corrected chi connectivity index (χ0v) is 14.8. The van der Waals surface area contributed by atoms with Gasteiger partial charge in [-0.15, -0.1) is 0 Å². The topological polar surface area (TPSA) is 91.9 Å². The van der Waals surface area contributed by atoms with Crippen molar-refractivity contribution < 1.29 is 9.53 Å². The molecule has 3 aromatic rings. The molecule has 0 aliphatic carbocycles. The standard InChI is InChI=1S/C20H21N5O2/c26-20(19-4-2-1-3-18(19)14-10-24-25-11-14)23-12-15-9-16(6-8-22-15)27-17-5-7-21-13-17/h1-4,6,8-11,17,21H,5,7,12-13H2,(H,23,26)(H,24,25). The van der Waals surface area contributed by atoms with Crippen molar-refractivity contribution in [3.05, 3.63) is 66.2 Å². The molecule has 0 bridgehead atoms. The molecular weight excluding hydrogens is 342 g/mol. The van der Waals surface area contributed by atoms with E-state index in [0.717, 1.165) is 42.1 Å². The second kappa shape index (κ2) is 8.01. The van der Waals surface area contributed by atoms with E-state index in [2.05, 4.69) is 25.8 Å². The highest BCUT2D eigenvalue weighted by atomic mass is 16.5. The van der Waals surface area contributed by atoms with Crippen LogP contribution in [0, 0.1) is 0 Å². The van der Waals surface area contributed by atoms with Crippen LogP contribution in [0.25, 0.3) is 11.1 Å². The summed E-state index contributed by atoms with van der Waals surface area (Å²) in [6.45, 7) is 2.17. The smallest absolute Gasteiger partial charge is 0.252 e. The van der Waals surface area contributed by atoms with Crippen LogP contribution in [-0.4, -0.2) is 40.3 Å². The largest absolute Gasteiger partial charge is 0.489 e. The Hall–Kier alpha value is -3.19. The normalized spacial score (nSPS) is 16.2. The fraction of sp³-hybridized carbons (Fsp3) is 0.250. The molecule has 0 radical (unpaired) electrons. The van der Waals surface area contributed by atoms with E-state index in [1.807, 2.05) is 30.3 Å². The fourth-order valence-corrected chi connectivity index (χ4v) is 3.14. The summed E-state index contributed by atoms with van der Waals surface area (Å²) in [4.78, 5) is 17.0. The predicted octanol–water partition coefficient (Wildman–Crippen LogP) is 2.14. The van der Waals surface area contributed by atoms with Gasteiger partial charge in [0.1, 0.15) is 11.9 Å². The van der Waals surface area contributed by atoms with Crippen molar-refractivity contribution in [3.8, 4) is 16.9 Å². The molecule has 3 N–H and O–H groups in total. The molecule has 0 spiro atoms. The number of rotatable bonds is 6. The minimum atomic E-state index is -0.153. The summed E-state index contributed by atoms with van der Waals surface area (Å²) < 4.78 is 5.95. The van der Waals surface area contributed by atoms with Gasteiger partial charge in [0.15, 0.2) is 0 Å². The number of aromatic amines is 1. The lowest BCUT2D eigenvalue weighted by Crippen LogP contribution is -2.24. The Morgan fingerprint density at radius 1 is 1.30 bits per heavy atom. The monoisotopic (exact) mass is 363 g/mol. The molecule has 7 heteroatoms. The number of amides is 1. The van der Waals surface area contributed by atoms with Crippen LogP contribution in [0.1, 0.15) is 22.5 Å². The maximum absolute atomic E-state index is 12.7. The number of aromatic nitrogens is 3. The third kappa shape index (κ3) is 4.15. The molecule has 7 nitrogen and oxygen atoms in total. The first-order chi connectivity index (χ1) is 13.3. The van der Waals surface area contributed by atoms with Gasteiger partial charge in [0.05, 0.1) is 18.4 Å². The van der Waals surface area contributed by atoms with Crippen molar-refractivity contribution in [1.82, 2.24) is 25.8 Å². The van der Waals surface area contributed by atoms with Crippen LogP contribution in [-0.2, 0) is 6.54 Å². The van der Waals surface area contributed by atoms with E-state index in [-0.39, 0.29) is 12.0 Å². The molecule has 1 aliphatic rings. The van der Waals surface area contributed by atoms with E-state index < -0.39 is 0 Å². The molecule has 138 valence electrons. The summed E-state index contributed by atoms with van der Waals surface area (Å²) >= 11 is 0. The first-order valence-electron chi connectivity index (χ1n) is 8.98. The maximum Gasteiger partial charge on any atom is 0.252 e. The van der Waals surface area contributed by atoms with E-state index in [0.29, 0.717) is 12.1 Å². The predicted molar refractivity (Wildman–Crippen MR) is 101 cm³/mol. The molecule has 27 heavy (non-hydrogen) atoms. The lowest BCUT2D eigenvalue weighted by molar-refractivity contribution is 0.0951. The van der Waals surface area contributed by atoms with Crippen LogP contribution < -0.4 is 15.4 Å². The number of benzene rings is 1. The van der Waals surface area contributed by atoms with Crippen LogP contribution in [0.3, 0.4) is 0 Å². The third-order valence-electron chi connectivity index (χ3n) is 4.52. The van der Waals surface area contributed by atoms with E-state index in [1.165, 1.54) is 0 Å². The molecule has 4 rings (SSSR count). The molecule has 1 aromatic carbocycles. The van der Waals surface area contributed by atoms with Gasteiger partial charge in [0.25, 0.3) is 5.91 Å². The number of nitrogens with zero attached hydrogens (tertiary/aromatic N) is 2. The Balaban J connectivity index is 1.43. The Morgan fingerprint density at radius 3 is 3.04 bits per heavy atom. The average molecular weight is 363 g/mol. The molecule has 3 heterocycles. The van der Waals surface area contributed by atoms with Crippen LogP contribution in [0.4, 0.5) is 0 Å². The molecule has 2 aromatic heterocycles. The number of hydrogen-bond donors (Lipinski definition) is 3. The third-order valence-corrected chi connectivity index (χ3v) is 4.52. The van der Waals surface area contributed by atoms with Gasteiger partial charge in [-0.2, -0.15) is 5.10 Å². The molecular formula is C20H21N5O2. The molecule has 1 unspecified atom stereocenters. The first-order valence-corrected chi connectivity index (χ1v) is 8.98. The minimum absolute atomic E-state index is 0.153. The molecule has 0 saturated carbocycles. The summed E-state index contributed by atoms with van der Waals surface area (Å²) in [6.07, 6.45) is 6.37. The molecule has 1 fully saturated rings. The van der Waals surface area contributed by atoms with Gasteiger partial charge in [0.2, 0.25) is 0 Å². The molecule has 1 amide bonds. The van der Waals surface area contributed by atoms with Gasteiger partial charge < -0.3 is 15.4 Å². The van der Waals surface area contributed by atoms with Crippen LogP contribution >= 0.6 is 0 Å². The molecule has 1 saturated heterocycles. The van der Waals surface area contributed by atoms with Crippen LogP contribution in [0.15, 0.2) is 55.0 Å². The highest BCUT2D eigenvalue weighted by molar-refractivity contribution is 6.00. The van der Waals surface area contributed by atoms with Gasteiger partial charge in [-0.25, -0.2) is 0 Å². The Kier molecular flexibility index (Phi) is 5.11. The summed E-state index contributed by atoms with van der Waals surface area (Å²) in [6, 6.07) is 11.2. The number of ether oxygens (including phenoxy) is 1. The SMILES string of the molecule is O=C(NCc1cc(OC2CCNC2)ccn1)c1ccccc1-c1cn[nH]c1. The first kappa shape index (κ1) is 17.2. The van der Waals surface area contributed by atoms with E-state index in [9.17, 15) is 4.79 Å². The number of H-pyrrole nitrogens is 1.